The van der Waals surface area contributed by atoms with E-state index in [-0.39, 0.29) is 0 Å². The number of hydrogen-bond acceptors (Lipinski definition) is 4. The maximum Gasteiger partial charge on any atom is 0.164 e. The molecule has 10 rings (SSSR count). The molecule has 0 saturated carbocycles. The van der Waals surface area contributed by atoms with Gasteiger partial charge in [0.1, 0.15) is 54.9 Å². The van der Waals surface area contributed by atoms with Gasteiger partial charge in [0, 0.05) is 26.1 Å². The van der Waals surface area contributed by atoms with Crippen LogP contribution in [-0.4, -0.2) is 69.9 Å². The minimum atomic E-state index is 0.634. The third-order valence-corrected chi connectivity index (χ3v) is 14.5. The minimum Gasteiger partial charge on any atom is -0.208 e. The third kappa shape index (κ3) is 6.95. The zero-order valence-electron chi connectivity index (χ0n) is 36.3. The number of rotatable bonds is 7. The summed E-state index contributed by atoms with van der Waals surface area (Å²) in [5.74, 6) is 1.90. The monoisotopic (exact) mass is 803 g/mol. The first-order valence-corrected chi connectivity index (χ1v) is 22.2. The Labute approximate surface area is 374 Å². The second-order valence-corrected chi connectivity index (χ2v) is 17.6. The first-order valence-electron chi connectivity index (χ1n) is 21.4. The summed E-state index contributed by atoms with van der Waals surface area (Å²) in [6, 6.07) is 55.6. The predicted molar refractivity (Wildman–Crippen MR) is 288 cm³/mol. The highest BCUT2D eigenvalue weighted by Crippen LogP contribution is 2.36. The van der Waals surface area contributed by atoms with Crippen molar-refractivity contribution in [2.24, 2.45) is 0 Å². The van der Waals surface area contributed by atoms with Gasteiger partial charge in [-0.1, -0.05) is 167 Å². The van der Waals surface area contributed by atoms with Crippen LogP contribution in [0.15, 0.2) is 158 Å². The van der Waals surface area contributed by atoms with Gasteiger partial charge in [-0.25, -0.2) is 15.0 Å². The Morgan fingerprint density at radius 1 is 0.274 bits per heavy atom. The molecule has 0 fully saturated rings. The van der Waals surface area contributed by atoms with Crippen LogP contribution in [0.5, 0.6) is 0 Å². The van der Waals surface area contributed by atoms with Crippen LogP contribution >= 0.6 is 11.3 Å². The van der Waals surface area contributed by atoms with E-state index in [1.165, 1.54) is 75.1 Å². The molecule has 0 radical (unpaired) electrons. The molecule has 0 N–H and O–H groups in total. The summed E-state index contributed by atoms with van der Waals surface area (Å²) >= 11 is 1.96. The molecule has 286 valence electrons. The van der Waals surface area contributed by atoms with Crippen molar-refractivity contribution in [2.75, 3.05) is 0 Å². The Balaban J connectivity index is 1.20. The minimum absolute atomic E-state index is 0.634. The van der Waals surface area contributed by atoms with Crippen molar-refractivity contribution in [3.8, 4) is 78.7 Å². The van der Waals surface area contributed by atoms with E-state index in [0.717, 1.165) is 44.5 Å². The quantitative estimate of drug-likeness (QED) is 0.231. The fourth-order valence-corrected chi connectivity index (χ4v) is 10.7. The van der Waals surface area contributed by atoms with Crippen LogP contribution in [0.25, 0.3) is 98.8 Å². The topological polar surface area (TPSA) is 38.7 Å². The standard InChI is InChI=1S/C51H40B7N3S/c52-40-37(41(53)45(57)47-38(40)39-42(54)43(55)44(56)46(58)48(39)62-47)35-24-34(29-14-8-3-9-15-29)25-36(26-35)51-60-49(32-20-16-30(17-21-32)27-10-4-1-5-11-27)59-50(61-51)33-22-18-31(19-23-33)28-12-6-2-7-13-28/h1-26H,52-58H2. The van der Waals surface area contributed by atoms with E-state index in [4.69, 9.17) is 15.0 Å². The zero-order chi connectivity index (χ0) is 42.6. The number of benzene rings is 8. The van der Waals surface area contributed by atoms with Gasteiger partial charge in [0.2, 0.25) is 0 Å². The third-order valence-electron chi connectivity index (χ3n) is 13.1. The molecule has 62 heavy (non-hydrogen) atoms. The highest BCUT2D eigenvalue weighted by Gasteiger charge is 2.22. The van der Waals surface area contributed by atoms with E-state index < -0.39 is 0 Å². The molecule has 0 amide bonds. The van der Waals surface area contributed by atoms with Gasteiger partial charge in [-0.05, 0) is 73.5 Å². The molecular weight excluding hydrogens is 762 g/mol. The van der Waals surface area contributed by atoms with Gasteiger partial charge in [-0.2, -0.15) is 0 Å². The molecule has 8 aromatic carbocycles. The molecule has 0 spiro atoms. The average Bonchev–Trinajstić information content (AvgIpc) is 3.74. The molecule has 0 aliphatic carbocycles. The van der Waals surface area contributed by atoms with Crippen LogP contribution in [0.4, 0.5) is 0 Å². The van der Waals surface area contributed by atoms with Gasteiger partial charge >= 0.3 is 0 Å². The Kier molecular flexibility index (Phi) is 10.2. The van der Waals surface area contributed by atoms with Crippen LogP contribution in [0.3, 0.4) is 0 Å². The SMILES string of the molecule is Bc1c(B)c(B)c2c(sc3c(B)c(B)c(-c4cc(-c5ccccc5)cc(-c5nc(-c6ccc(-c7ccccc7)cc6)nc(-c6ccc(-c7ccccc7)cc6)n5)c4)c(B)c32)c1B. The van der Waals surface area contributed by atoms with E-state index in [1.54, 1.807) is 0 Å². The lowest BCUT2D eigenvalue weighted by atomic mass is 9.64. The summed E-state index contributed by atoms with van der Waals surface area (Å²) in [6.45, 7) is 0. The molecule has 0 saturated heterocycles. The van der Waals surface area contributed by atoms with E-state index in [9.17, 15) is 0 Å². The average molecular weight is 803 g/mol. The summed E-state index contributed by atoms with van der Waals surface area (Å²) in [5, 5.41) is 2.77. The first-order chi connectivity index (χ1) is 30.1. The number of nitrogens with zero attached hydrogens (tertiary/aromatic N) is 3. The summed E-state index contributed by atoms with van der Waals surface area (Å²) < 4.78 is 2.79. The fraction of sp³-hybridized carbons (Fsp3) is 0. The van der Waals surface area contributed by atoms with Crippen molar-refractivity contribution in [1.29, 1.82) is 0 Å². The predicted octanol–water partition coefficient (Wildman–Crippen LogP) is 1.72. The van der Waals surface area contributed by atoms with Crippen molar-refractivity contribution >= 4 is 125 Å². The Hall–Kier alpha value is -6.56. The number of aromatic nitrogens is 3. The largest absolute Gasteiger partial charge is 0.208 e. The summed E-state index contributed by atoms with van der Waals surface area (Å²) in [5.41, 5.74) is 21.6. The second-order valence-electron chi connectivity index (χ2n) is 16.6. The van der Waals surface area contributed by atoms with E-state index in [0.29, 0.717) is 17.5 Å². The normalized spacial score (nSPS) is 11.4. The highest BCUT2D eigenvalue weighted by atomic mass is 32.1. The van der Waals surface area contributed by atoms with Crippen molar-refractivity contribution in [2.45, 2.75) is 0 Å². The summed E-state index contributed by atoms with van der Waals surface area (Å²) in [4.78, 5) is 15.8. The number of fused-ring (bicyclic) bond motifs is 3. The van der Waals surface area contributed by atoms with E-state index in [1.807, 2.05) is 23.5 Å². The van der Waals surface area contributed by atoms with Crippen LogP contribution in [0.1, 0.15) is 0 Å². The van der Waals surface area contributed by atoms with Gasteiger partial charge in [-0.3, -0.25) is 0 Å². The molecule has 2 aromatic heterocycles. The van der Waals surface area contributed by atoms with Gasteiger partial charge in [0.25, 0.3) is 0 Å². The first kappa shape index (κ1) is 39.6. The zero-order valence-corrected chi connectivity index (χ0v) is 37.1. The maximum atomic E-state index is 5.30. The molecular formula is C51H40B7N3S. The van der Waals surface area contributed by atoms with E-state index in [2.05, 4.69) is 201 Å². The smallest absolute Gasteiger partial charge is 0.164 e. The van der Waals surface area contributed by atoms with Gasteiger partial charge in [-0.15, -0.1) is 22.3 Å². The molecule has 11 heteroatoms. The van der Waals surface area contributed by atoms with Gasteiger partial charge in [0.05, 0.1) is 0 Å². The van der Waals surface area contributed by atoms with Crippen molar-refractivity contribution in [3.63, 3.8) is 0 Å². The highest BCUT2D eigenvalue weighted by molar-refractivity contribution is 7.28. The lowest BCUT2D eigenvalue weighted by Gasteiger charge is -2.19. The van der Waals surface area contributed by atoms with Gasteiger partial charge in [0.15, 0.2) is 17.5 Å². The number of hydrogen-bond donors (Lipinski definition) is 0. The number of thiophene rings is 1. The molecule has 0 bridgehead atoms. The van der Waals surface area contributed by atoms with E-state index >= 15 is 0 Å². The Bertz CT molecular complexity index is 3240. The Morgan fingerprint density at radius 3 is 1.10 bits per heavy atom. The fourth-order valence-electron chi connectivity index (χ4n) is 9.14. The van der Waals surface area contributed by atoms with Crippen LogP contribution in [0, 0.1) is 0 Å². The molecule has 10 aromatic rings. The molecule has 0 unspecified atom stereocenters. The molecule has 2 heterocycles. The van der Waals surface area contributed by atoms with Crippen molar-refractivity contribution in [1.82, 2.24) is 15.0 Å². The summed E-state index contributed by atoms with van der Waals surface area (Å²) in [7, 11) is 16.1. The van der Waals surface area contributed by atoms with Gasteiger partial charge < -0.3 is 0 Å². The lowest BCUT2D eigenvalue weighted by molar-refractivity contribution is 1.07. The maximum absolute atomic E-state index is 5.30. The lowest BCUT2D eigenvalue weighted by Crippen LogP contribution is -2.47. The molecule has 3 nitrogen and oxygen atoms in total. The van der Waals surface area contributed by atoms with Crippen LogP contribution in [-0.2, 0) is 0 Å². The Morgan fingerprint density at radius 2 is 0.613 bits per heavy atom. The molecule has 0 aliphatic heterocycles. The van der Waals surface area contributed by atoms with Crippen molar-refractivity contribution in [3.05, 3.63) is 158 Å². The van der Waals surface area contributed by atoms with Crippen LogP contribution in [0.2, 0.25) is 0 Å². The molecule has 0 atom stereocenters. The second kappa shape index (κ2) is 16.0. The van der Waals surface area contributed by atoms with Crippen LogP contribution < -0.4 is 38.2 Å². The summed E-state index contributed by atoms with van der Waals surface area (Å²) in [6.07, 6.45) is 0. The van der Waals surface area contributed by atoms with Crippen molar-refractivity contribution < 1.29 is 0 Å². The molecule has 0 aliphatic rings.